The predicted molar refractivity (Wildman–Crippen MR) is 139 cm³/mol. The predicted octanol–water partition coefficient (Wildman–Crippen LogP) is 4.72. The van der Waals surface area contributed by atoms with Crippen molar-refractivity contribution in [1.29, 1.82) is 0 Å². The number of non-ortho nitro benzene ring substituents is 1. The van der Waals surface area contributed by atoms with Crippen LogP contribution < -0.4 is 5.32 Å². The molecule has 0 bridgehead atoms. The number of nitro groups is 1. The largest absolute Gasteiger partial charge is 0.353 e. The van der Waals surface area contributed by atoms with Crippen molar-refractivity contribution in [3.05, 3.63) is 69.8 Å². The molecule has 5 rings (SSSR count). The van der Waals surface area contributed by atoms with Gasteiger partial charge in [0.05, 0.1) is 10.6 Å². The molecule has 0 radical (unpaired) electrons. The van der Waals surface area contributed by atoms with Crippen molar-refractivity contribution in [3.8, 4) is 0 Å². The molecule has 1 fully saturated rings. The number of hydrogen-bond donors (Lipinski definition) is 1. The van der Waals surface area contributed by atoms with Crippen LogP contribution in [0.15, 0.2) is 58.5 Å². The summed E-state index contributed by atoms with van der Waals surface area (Å²) in [5, 5.41) is 14.6. The molecule has 2 aromatic rings. The second-order valence-electron chi connectivity index (χ2n) is 9.21. The van der Waals surface area contributed by atoms with Gasteiger partial charge in [-0.3, -0.25) is 24.7 Å². The van der Waals surface area contributed by atoms with Crippen LogP contribution in [-0.4, -0.2) is 44.7 Å². The number of nitrogens with zero attached hydrogens (tertiary/aromatic N) is 4. The third-order valence-electron chi connectivity index (χ3n) is 6.68. The van der Waals surface area contributed by atoms with Gasteiger partial charge in [0.15, 0.2) is 5.17 Å². The smallest absolute Gasteiger partial charge is 0.269 e. The molecule has 0 spiro atoms. The van der Waals surface area contributed by atoms with Crippen molar-refractivity contribution in [2.75, 3.05) is 0 Å². The molecule has 2 aromatic carbocycles. The number of nitrogens with one attached hydrogen (secondary N) is 1. The number of carbonyl (C=O) groups is 2. The standard InChI is InChI=1S/C26H27N5O4S/c32-23(27-18-6-2-1-3-7-18)15-14-22-25(33)30-24(28-22)20-8-4-5-9-21(20)29-26(30)36-16-17-10-12-19(13-11-17)31(34)35/h4-5,8-13,18,22H,1-3,6-7,14-16H2,(H,27,32)/t22-/m0/s1. The van der Waals surface area contributed by atoms with Crippen molar-refractivity contribution in [3.63, 3.8) is 0 Å². The lowest BCUT2D eigenvalue weighted by atomic mass is 9.95. The van der Waals surface area contributed by atoms with E-state index in [0.29, 0.717) is 23.2 Å². The van der Waals surface area contributed by atoms with E-state index in [2.05, 4.69) is 5.32 Å². The zero-order valence-corrected chi connectivity index (χ0v) is 20.6. The van der Waals surface area contributed by atoms with Gasteiger partial charge < -0.3 is 5.32 Å². The van der Waals surface area contributed by atoms with Crippen LogP contribution in [0.3, 0.4) is 0 Å². The van der Waals surface area contributed by atoms with Crippen LogP contribution in [-0.2, 0) is 15.3 Å². The first-order chi connectivity index (χ1) is 17.5. The minimum absolute atomic E-state index is 0.0263. The zero-order chi connectivity index (χ0) is 25.1. The van der Waals surface area contributed by atoms with Crippen LogP contribution in [0.2, 0.25) is 0 Å². The van der Waals surface area contributed by atoms with Crippen molar-refractivity contribution < 1.29 is 14.5 Å². The van der Waals surface area contributed by atoms with Crippen LogP contribution in [0.5, 0.6) is 0 Å². The van der Waals surface area contributed by atoms with E-state index in [9.17, 15) is 19.7 Å². The molecular weight excluding hydrogens is 478 g/mol. The summed E-state index contributed by atoms with van der Waals surface area (Å²) >= 11 is 1.38. The molecule has 36 heavy (non-hydrogen) atoms. The minimum Gasteiger partial charge on any atom is -0.353 e. The Balaban J connectivity index is 1.28. The van der Waals surface area contributed by atoms with E-state index in [1.54, 1.807) is 17.0 Å². The maximum atomic E-state index is 13.4. The number of aliphatic imine (C=N–C) groups is 2. The zero-order valence-electron chi connectivity index (χ0n) is 19.8. The molecule has 1 saturated carbocycles. The number of amidine groups is 2. The third-order valence-corrected chi connectivity index (χ3v) is 7.69. The molecule has 1 N–H and O–H groups in total. The normalized spacial score (nSPS) is 19.3. The van der Waals surface area contributed by atoms with Crippen LogP contribution in [0.4, 0.5) is 11.4 Å². The topological polar surface area (TPSA) is 117 Å². The lowest BCUT2D eigenvalue weighted by Gasteiger charge is -2.25. The molecule has 186 valence electrons. The Kier molecular flexibility index (Phi) is 7.13. The average molecular weight is 506 g/mol. The lowest BCUT2D eigenvalue weighted by molar-refractivity contribution is -0.384. The summed E-state index contributed by atoms with van der Waals surface area (Å²) in [5.41, 5.74) is 2.45. The minimum atomic E-state index is -0.631. The monoisotopic (exact) mass is 505 g/mol. The van der Waals surface area contributed by atoms with Gasteiger partial charge in [-0.2, -0.15) is 0 Å². The Labute approximate surface area is 213 Å². The average Bonchev–Trinajstić information content (AvgIpc) is 3.23. The van der Waals surface area contributed by atoms with E-state index in [1.807, 2.05) is 24.3 Å². The van der Waals surface area contributed by atoms with Crippen LogP contribution in [0, 0.1) is 10.1 Å². The quantitative estimate of drug-likeness (QED) is 0.432. The number of thioether (sulfide) groups is 1. The van der Waals surface area contributed by atoms with E-state index in [1.165, 1.54) is 30.3 Å². The molecule has 2 aliphatic heterocycles. The number of carbonyl (C=O) groups excluding carboxylic acids is 2. The molecular formula is C26H27N5O4S. The van der Waals surface area contributed by atoms with Gasteiger partial charge in [0.2, 0.25) is 5.91 Å². The summed E-state index contributed by atoms with van der Waals surface area (Å²) in [6.45, 7) is 0. The van der Waals surface area contributed by atoms with Crippen LogP contribution in [0.1, 0.15) is 56.1 Å². The number of hydrogen-bond acceptors (Lipinski definition) is 7. The van der Waals surface area contributed by atoms with E-state index in [-0.39, 0.29) is 30.0 Å². The second kappa shape index (κ2) is 10.6. The summed E-state index contributed by atoms with van der Waals surface area (Å²) in [4.78, 5) is 47.4. The Bertz CT molecular complexity index is 1240. The fourth-order valence-corrected chi connectivity index (χ4v) is 5.72. The van der Waals surface area contributed by atoms with Crippen LogP contribution >= 0.6 is 11.8 Å². The Morgan fingerprint density at radius 2 is 1.86 bits per heavy atom. The highest BCUT2D eigenvalue weighted by molar-refractivity contribution is 8.13. The lowest BCUT2D eigenvalue weighted by Crippen LogP contribution is -2.41. The first-order valence-electron chi connectivity index (χ1n) is 12.2. The van der Waals surface area contributed by atoms with Gasteiger partial charge in [0, 0.05) is 35.9 Å². The maximum Gasteiger partial charge on any atom is 0.269 e. The fraction of sp³-hybridized carbons (Fsp3) is 0.385. The van der Waals surface area contributed by atoms with Crippen molar-refractivity contribution in [1.82, 2.24) is 10.2 Å². The van der Waals surface area contributed by atoms with Gasteiger partial charge in [-0.1, -0.05) is 55.3 Å². The molecule has 2 amide bonds. The molecule has 10 heteroatoms. The molecule has 3 aliphatic rings. The Morgan fingerprint density at radius 1 is 1.11 bits per heavy atom. The Morgan fingerprint density at radius 3 is 2.61 bits per heavy atom. The summed E-state index contributed by atoms with van der Waals surface area (Å²) in [6.07, 6.45) is 6.16. The van der Waals surface area contributed by atoms with Gasteiger partial charge in [-0.25, -0.2) is 9.89 Å². The SMILES string of the molecule is O=C(CC[C@@H]1N=C2c3ccccc3N=C(SCc3ccc([N+](=O)[O-])cc3)N2C1=O)NC1CCCCC1. The summed E-state index contributed by atoms with van der Waals surface area (Å²) in [7, 11) is 0. The molecule has 0 unspecified atom stereocenters. The second-order valence-corrected chi connectivity index (χ2v) is 10.1. The molecule has 0 saturated heterocycles. The van der Waals surface area contributed by atoms with Gasteiger partial charge in [0.1, 0.15) is 11.9 Å². The van der Waals surface area contributed by atoms with E-state index >= 15 is 0 Å². The molecule has 9 nitrogen and oxygen atoms in total. The summed E-state index contributed by atoms with van der Waals surface area (Å²) in [5.74, 6) is 0.848. The fourth-order valence-electron chi connectivity index (χ4n) is 4.76. The first-order valence-corrected chi connectivity index (χ1v) is 13.2. The van der Waals surface area contributed by atoms with Gasteiger partial charge in [0.25, 0.3) is 11.6 Å². The molecule has 0 aromatic heterocycles. The molecule has 1 aliphatic carbocycles. The number of benzene rings is 2. The highest BCUT2D eigenvalue weighted by Crippen LogP contribution is 2.35. The number of amides is 2. The van der Waals surface area contributed by atoms with E-state index < -0.39 is 11.0 Å². The maximum absolute atomic E-state index is 13.4. The van der Waals surface area contributed by atoms with Gasteiger partial charge >= 0.3 is 0 Å². The number of para-hydroxylation sites is 1. The third kappa shape index (κ3) is 5.18. The van der Waals surface area contributed by atoms with E-state index in [4.69, 9.17) is 9.98 Å². The summed E-state index contributed by atoms with van der Waals surface area (Å²) in [6, 6.07) is 13.5. The van der Waals surface area contributed by atoms with Crippen LogP contribution in [0.25, 0.3) is 0 Å². The van der Waals surface area contributed by atoms with Gasteiger partial charge in [-0.15, -0.1) is 0 Å². The first kappa shape index (κ1) is 24.2. The Hall–Kier alpha value is -3.53. The van der Waals surface area contributed by atoms with Crippen molar-refractivity contribution in [2.24, 2.45) is 9.98 Å². The van der Waals surface area contributed by atoms with Crippen molar-refractivity contribution >= 4 is 46.0 Å². The molecule has 2 heterocycles. The highest BCUT2D eigenvalue weighted by atomic mass is 32.2. The number of nitro benzene ring substituents is 1. The number of fused-ring (bicyclic) bond motifs is 3. The van der Waals surface area contributed by atoms with E-state index in [0.717, 1.165) is 42.5 Å². The molecule has 1 atom stereocenters. The highest BCUT2D eigenvalue weighted by Gasteiger charge is 2.41. The van der Waals surface area contributed by atoms with Crippen molar-refractivity contribution in [2.45, 2.75) is 62.8 Å². The number of rotatable bonds is 7. The van der Waals surface area contributed by atoms with Gasteiger partial charge in [-0.05, 0) is 37.0 Å². The summed E-state index contributed by atoms with van der Waals surface area (Å²) < 4.78 is 0.